The van der Waals surface area contributed by atoms with Crippen LogP contribution in [0.4, 0.5) is 5.69 Å². The largest absolute Gasteiger partial charge is 0.354 e. The molecule has 174 valence electrons. The van der Waals surface area contributed by atoms with E-state index in [0.29, 0.717) is 18.3 Å². The number of carbonyl (C=O) groups excluding carboxylic acids is 1. The quantitative estimate of drug-likeness (QED) is 0.548. The van der Waals surface area contributed by atoms with E-state index in [1.807, 2.05) is 13.0 Å². The number of aryl methyl sites for hydroxylation is 1. The van der Waals surface area contributed by atoms with E-state index in [2.05, 4.69) is 17.1 Å². The summed E-state index contributed by atoms with van der Waals surface area (Å²) in [5.74, 6) is -0.296. The maximum absolute atomic E-state index is 13.3. The van der Waals surface area contributed by atoms with Crippen LogP contribution < -0.4 is 9.62 Å². The van der Waals surface area contributed by atoms with Gasteiger partial charge in [0.25, 0.3) is 10.0 Å². The number of piperidine rings is 1. The van der Waals surface area contributed by atoms with E-state index in [1.54, 1.807) is 48.5 Å². The zero-order valence-corrected chi connectivity index (χ0v) is 20.0. The standard InChI is InChI=1S/C25H35N3O3S/c1-3-22-10-7-8-18-27(22)19-9-17-26-25(29)20-28(23-11-5-4-6-12-23)32(30,31)24-15-13-21(2)14-16-24/h4-6,11-16,22H,3,7-10,17-20H2,1-2H3,(H,26,29). The van der Waals surface area contributed by atoms with Gasteiger partial charge in [0.05, 0.1) is 10.6 Å². The molecule has 0 spiro atoms. The van der Waals surface area contributed by atoms with Crippen molar-refractivity contribution in [3.63, 3.8) is 0 Å². The Bertz CT molecular complexity index is 962. The van der Waals surface area contributed by atoms with E-state index < -0.39 is 10.0 Å². The van der Waals surface area contributed by atoms with Crippen molar-refractivity contribution in [3.05, 3.63) is 60.2 Å². The molecule has 1 aliphatic rings. The van der Waals surface area contributed by atoms with Gasteiger partial charge >= 0.3 is 0 Å². The number of carbonyl (C=O) groups is 1. The SMILES string of the molecule is CCC1CCCCN1CCCNC(=O)CN(c1ccccc1)S(=O)(=O)c1ccc(C)cc1. The molecule has 1 saturated heterocycles. The summed E-state index contributed by atoms with van der Waals surface area (Å²) in [7, 11) is -3.86. The zero-order chi connectivity index (χ0) is 23.0. The van der Waals surface area contributed by atoms with Crippen molar-refractivity contribution in [3.8, 4) is 0 Å². The minimum atomic E-state index is -3.86. The van der Waals surface area contributed by atoms with Crippen molar-refractivity contribution in [2.45, 2.75) is 56.9 Å². The summed E-state index contributed by atoms with van der Waals surface area (Å²) in [5.41, 5.74) is 1.45. The van der Waals surface area contributed by atoms with Gasteiger partial charge in [-0.1, -0.05) is 49.2 Å². The number of nitrogens with one attached hydrogen (secondary N) is 1. The smallest absolute Gasteiger partial charge is 0.264 e. The number of sulfonamides is 1. The molecule has 1 unspecified atom stereocenters. The van der Waals surface area contributed by atoms with E-state index in [-0.39, 0.29) is 17.3 Å². The first-order valence-corrected chi connectivity index (χ1v) is 13.0. The number of nitrogens with zero attached hydrogens (tertiary/aromatic N) is 2. The van der Waals surface area contributed by atoms with Crippen LogP contribution in [0.2, 0.25) is 0 Å². The van der Waals surface area contributed by atoms with Crippen LogP contribution in [-0.2, 0) is 14.8 Å². The molecular weight excluding hydrogens is 422 g/mol. The Hall–Kier alpha value is -2.38. The van der Waals surface area contributed by atoms with Gasteiger partial charge < -0.3 is 10.2 Å². The lowest BCUT2D eigenvalue weighted by atomic mass is 10.00. The molecular formula is C25H35N3O3S. The van der Waals surface area contributed by atoms with Crippen LogP contribution in [0.25, 0.3) is 0 Å². The molecule has 2 aromatic rings. The van der Waals surface area contributed by atoms with E-state index in [4.69, 9.17) is 0 Å². The zero-order valence-electron chi connectivity index (χ0n) is 19.2. The lowest BCUT2D eigenvalue weighted by molar-refractivity contribution is -0.119. The minimum Gasteiger partial charge on any atom is -0.354 e. The summed E-state index contributed by atoms with van der Waals surface area (Å²) in [4.78, 5) is 15.4. The van der Waals surface area contributed by atoms with E-state index in [0.717, 1.165) is 31.5 Å². The monoisotopic (exact) mass is 457 g/mol. The molecule has 0 radical (unpaired) electrons. The van der Waals surface area contributed by atoms with Crippen molar-refractivity contribution >= 4 is 21.6 Å². The van der Waals surface area contributed by atoms with Crippen molar-refractivity contribution in [2.75, 3.05) is 30.5 Å². The molecule has 1 fully saturated rings. The number of anilines is 1. The van der Waals surface area contributed by atoms with Gasteiger partial charge in [0, 0.05) is 19.1 Å². The van der Waals surface area contributed by atoms with Crippen molar-refractivity contribution < 1.29 is 13.2 Å². The fraction of sp³-hybridized carbons (Fsp3) is 0.480. The first-order valence-electron chi connectivity index (χ1n) is 11.6. The van der Waals surface area contributed by atoms with Gasteiger partial charge in [-0.05, 0) is 63.4 Å². The fourth-order valence-electron chi connectivity index (χ4n) is 4.26. The molecule has 0 bridgehead atoms. The Morgan fingerprint density at radius 1 is 1.09 bits per heavy atom. The second-order valence-corrected chi connectivity index (χ2v) is 10.3. The average Bonchev–Trinajstić information content (AvgIpc) is 2.81. The highest BCUT2D eigenvalue weighted by Crippen LogP contribution is 2.23. The number of amides is 1. The van der Waals surface area contributed by atoms with Gasteiger partial charge in [-0.3, -0.25) is 9.10 Å². The molecule has 6 nitrogen and oxygen atoms in total. The Morgan fingerprint density at radius 2 is 1.81 bits per heavy atom. The first-order chi connectivity index (χ1) is 15.4. The van der Waals surface area contributed by atoms with Gasteiger partial charge in [-0.15, -0.1) is 0 Å². The number of rotatable bonds is 10. The fourth-order valence-corrected chi connectivity index (χ4v) is 5.68. The highest BCUT2D eigenvalue weighted by Gasteiger charge is 2.27. The lowest BCUT2D eigenvalue weighted by Crippen LogP contribution is -2.43. The highest BCUT2D eigenvalue weighted by molar-refractivity contribution is 7.92. The molecule has 0 aromatic heterocycles. The van der Waals surface area contributed by atoms with Crippen LogP contribution in [0.15, 0.2) is 59.5 Å². The predicted molar refractivity (Wildman–Crippen MR) is 129 cm³/mol. The van der Waals surface area contributed by atoms with Crippen molar-refractivity contribution in [1.29, 1.82) is 0 Å². The van der Waals surface area contributed by atoms with Crippen LogP contribution >= 0.6 is 0 Å². The number of hydrogen-bond acceptors (Lipinski definition) is 4. The van der Waals surface area contributed by atoms with Crippen LogP contribution in [0.3, 0.4) is 0 Å². The number of para-hydroxylation sites is 1. The molecule has 0 saturated carbocycles. The average molecular weight is 458 g/mol. The summed E-state index contributed by atoms with van der Waals surface area (Å²) in [6, 6.07) is 16.1. The number of hydrogen-bond donors (Lipinski definition) is 1. The Kier molecular flexibility index (Phi) is 8.70. The maximum atomic E-state index is 13.3. The molecule has 2 aromatic carbocycles. The van der Waals surface area contributed by atoms with Crippen LogP contribution in [0.5, 0.6) is 0 Å². The summed E-state index contributed by atoms with van der Waals surface area (Å²) >= 11 is 0. The summed E-state index contributed by atoms with van der Waals surface area (Å²) in [6.07, 6.45) is 5.82. The lowest BCUT2D eigenvalue weighted by Gasteiger charge is -2.35. The Labute approximate surface area is 192 Å². The van der Waals surface area contributed by atoms with Crippen molar-refractivity contribution in [2.24, 2.45) is 0 Å². The van der Waals surface area contributed by atoms with Crippen LogP contribution in [-0.4, -0.2) is 51.4 Å². The molecule has 1 atom stereocenters. The second-order valence-electron chi connectivity index (χ2n) is 8.46. The van der Waals surface area contributed by atoms with Gasteiger partial charge in [0.1, 0.15) is 6.54 Å². The maximum Gasteiger partial charge on any atom is 0.264 e. The normalized spacial score (nSPS) is 17.1. The molecule has 7 heteroatoms. The summed E-state index contributed by atoms with van der Waals surface area (Å²) in [5, 5.41) is 2.92. The van der Waals surface area contributed by atoms with E-state index in [9.17, 15) is 13.2 Å². The third kappa shape index (κ3) is 6.33. The van der Waals surface area contributed by atoms with Crippen LogP contribution in [0, 0.1) is 6.92 Å². The molecule has 1 aliphatic heterocycles. The minimum absolute atomic E-state index is 0.176. The third-order valence-corrected chi connectivity index (χ3v) is 7.89. The van der Waals surface area contributed by atoms with Crippen molar-refractivity contribution in [1.82, 2.24) is 10.2 Å². The molecule has 1 amide bonds. The first kappa shape index (κ1) is 24.3. The summed E-state index contributed by atoms with van der Waals surface area (Å²) < 4.78 is 27.8. The highest BCUT2D eigenvalue weighted by atomic mass is 32.2. The number of likely N-dealkylation sites (tertiary alicyclic amines) is 1. The Balaban J connectivity index is 1.62. The van der Waals surface area contributed by atoms with E-state index >= 15 is 0 Å². The van der Waals surface area contributed by atoms with Crippen LogP contribution in [0.1, 0.15) is 44.6 Å². The Morgan fingerprint density at radius 3 is 2.50 bits per heavy atom. The number of benzene rings is 2. The van der Waals surface area contributed by atoms with Gasteiger partial charge in [0.2, 0.25) is 5.91 Å². The van der Waals surface area contributed by atoms with Gasteiger partial charge in [-0.25, -0.2) is 8.42 Å². The molecule has 32 heavy (non-hydrogen) atoms. The second kappa shape index (κ2) is 11.5. The van der Waals surface area contributed by atoms with Gasteiger partial charge in [-0.2, -0.15) is 0 Å². The predicted octanol–water partition coefficient (Wildman–Crippen LogP) is 3.96. The molecule has 1 N–H and O–H groups in total. The summed E-state index contributed by atoms with van der Waals surface area (Å²) in [6.45, 7) is 6.52. The van der Waals surface area contributed by atoms with Gasteiger partial charge in [0.15, 0.2) is 0 Å². The third-order valence-electron chi connectivity index (χ3n) is 6.10. The molecule has 3 rings (SSSR count). The molecule has 1 heterocycles. The van der Waals surface area contributed by atoms with E-state index in [1.165, 1.54) is 23.6 Å². The molecule has 0 aliphatic carbocycles. The topological polar surface area (TPSA) is 69.7 Å².